The standard InChI is InChI=1S/C12H13N3O2/c16-8-11-4-1-2-5-12(11)17-7-3-6-15-10-13-9-14-15/h1-2,4-5,8-10H,3,6-7H2. The second-order valence-corrected chi connectivity index (χ2v) is 3.52. The number of aldehydes is 1. The second kappa shape index (κ2) is 5.79. The quantitative estimate of drug-likeness (QED) is 0.559. The highest BCUT2D eigenvalue weighted by Gasteiger charge is 2.00. The SMILES string of the molecule is O=Cc1ccccc1OCCCn1cncn1. The molecule has 0 saturated heterocycles. The van der Waals surface area contributed by atoms with Gasteiger partial charge in [-0.15, -0.1) is 0 Å². The van der Waals surface area contributed by atoms with Gasteiger partial charge in [-0.25, -0.2) is 4.98 Å². The van der Waals surface area contributed by atoms with Crippen molar-refractivity contribution in [3.05, 3.63) is 42.5 Å². The molecule has 0 saturated carbocycles. The first-order valence-corrected chi connectivity index (χ1v) is 5.39. The van der Waals surface area contributed by atoms with Gasteiger partial charge in [-0.2, -0.15) is 5.10 Å². The van der Waals surface area contributed by atoms with E-state index in [1.807, 2.05) is 12.1 Å². The van der Waals surface area contributed by atoms with Gasteiger partial charge in [0.2, 0.25) is 0 Å². The Morgan fingerprint density at radius 2 is 2.24 bits per heavy atom. The van der Waals surface area contributed by atoms with Gasteiger partial charge in [-0.1, -0.05) is 12.1 Å². The summed E-state index contributed by atoms with van der Waals surface area (Å²) >= 11 is 0. The summed E-state index contributed by atoms with van der Waals surface area (Å²) in [5, 5.41) is 3.99. The van der Waals surface area contributed by atoms with Crippen molar-refractivity contribution < 1.29 is 9.53 Å². The van der Waals surface area contributed by atoms with E-state index < -0.39 is 0 Å². The van der Waals surface area contributed by atoms with E-state index in [0.717, 1.165) is 19.3 Å². The van der Waals surface area contributed by atoms with Crippen LogP contribution in [-0.2, 0) is 6.54 Å². The average Bonchev–Trinajstić information content (AvgIpc) is 2.88. The van der Waals surface area contributed by atoms with Crippen LogP contribution >= 0.6 is 0 Å². The van der Waals surface area contributed by atoms with Crippen LogP contribution in [0.3, 0.4) is 0 Å². The molecular formula is C12H13N3O2. The molecule has 2 aromatic rings. The van der Waals surface area contributed by atoms with E-state index in [0.29, 0.717) is 17.9 Å². The van der Waals surface area contributed by atoms with Gasteiger partial charge in [-0.3, -0.25) is 9.48 Å². The molecule has 0 radical (unpaired) electrons. The molecule has 0 fully saturated rings. The first-order chi connectivity index (χ1) is 8.40. The van der Waals surface area contributed by atoms with E-state index in [-0.39, 0.29) is 0 Å². The third kappa shape index (κ3) is 3.14. The fraction of sp³-hybridized carbons (Fsp3) is 0.250. The highest BCUT2D eigenvalue weighted by atomic mass is 16.5. The van der Waals surface area contributed by atoms with E-state index in [9.17, 15) is 4.79 Å². The summed E-state index contributed by atoms with van der Waals surface area (Å²) in [5.41, 5.74) is 0.577. The van der Waals surface area contributed by atoms with E-state index in [2.05, 4.69) is 10.1 Å². The number of carbonyl (C=O) groups is 1. The van der Waals surface area contributed by atoms with Gasteiger partial charge in [0, 0.05) is 13.0 Å². The smallest absolute Gasteiger partial charge is 0.153 e. The number of nitrogens with zero attached hydrogens (tertiary/aromatic N) is 3. The van der Waals surface area contributed by atoms with Crippen LogP contribution < -0.4 is 4.74 Å². The second-order valence-electron chi connectivity index (χ2n) is 3.52. The highest BCUT2D eigenvalue weighted by molar-refractivity contribution is 5.79. The fourth-order valence-corrected chi connectivity index (χ4v) is 1.47. The molecule has 5 heteroatoms. The summed E-state index contributed by atoms with van der Waals surface area (Å²) in [4.78, 5) is 14.6. The zero-order chi connectivity index (χ0) is 11.9. The zero-order valence-corrected chi connectivity index (χ0v) is 9.32. The van der Waals surface area contributed by atoms with Gasteiger partial charge in [0.05, 0.1) is 12.2 Å². The molecule has 1 aromatic carbocycles. The molecule has 5 nitrogen and oxygen atoms in total. The largest absolute Gasteiger partial charge is 0.493 e. The summed E-state index contributed by atoms with van der Waals surface area (Å²) in [6.07, 6.45) is 4.78. The Kier molecular flexibility index (Phi) is 3.85. The Balaban J connectivity index is 1.80. The van der Waals surface area contributed by atoms with Gasteiger partial charge in [0.25, 0.3) is 0 Å². The number of aromatic nitrogens is 3. The lowest BCUT2D eigenvalue weighted by Crippen LogP contribution is -2.05. The molecule has 1 heterocycles. The normalized spacial score (nSPS) is 10.1. The summed E-state index contributed by atoms with van der Waals surface area (Å²) in [6.45, 7) is 1.30. The van der Waals surface area contributed by atoms with Gasteiger partial charge >= 0.3 is 0 Å². The van der Waals surface area contributed by atoms with Crippen LogP contribution in [0.15, 0.2) is 36.9 Å². The van der Waals surface area contributed by atoms with Crippen LogP contribution in [-0.4, -0.2) is 27.7 Å². The van der Waals surface area contributed by atoms with Crippen LogP contribution in [0.4, 0.5) is 0 Å². The average molecular weight is 231 g/mol. The minimum Gasteiger partial charge on any atom is -0.493 e. The molecule has 88 valence electrons. The van der Waals surface area contributed by atoms with Crippen molar-refractivity contribution >= 4 is 6.29 Å². The van der Waals surface area contributed by atoms with Gasteiger partial charge < -0.3 is 4.74 Å². The van der Waals surface area contributed by atoms with E-state index in [1.165, 1.54) is 6.33 Å². The molecule has 0 aliphatic carbocycles. The van der Waals surface area contributed by atoms with Crippen LogP contribution in [0, 0.1) is 0 Å². The van der Waals surface area contributed by atoms with Crippen molar-refractivity contribution in [2.24, 2.45) is 0 Å². The number of para-hydroxylation sites is 1. The molecule has 0 amide bonds. The topological polar surface area (TPSA) is 57.0 Å². The number of hydrogen-bond acceptors (Lipinski definition) is 4. The molecule has 2 rings (SSSR count). The molecule has 0 atom stereocenters. The lowest BCUT2D eigenvalue weighted by Gasteiger charge is -2.07. The predicted octanol–water partition coefficient (Wildman–Crippen LogP) is 1.56. The van der Waals surface area contributed by atoms with Crippen molar-refractivity contribution in [2.75, 3.05) is 6.61 Å². The predicted molar refractivity (Wildman–Crippen MR) is 62.0 cm³/mol. The Labute approximate surface area is 99.1 Å². The Morgan fingerprint density at radius 3 is 3.00 bits per heavy atom. The van der Waals surface area contributed by atoms with Crippen molar-refractivity contribution in [3.8, 4) is 5.75 Å². The number of rotatable bonds is 6. The first kappa shape index (κ1) is 11.3. The third-order valence-electron chi connectivity index (χ3n) is 2.30. The zero-order valence-electron chi connectivity index (χ0n) is 9.32. The minimum absolute atomic E-state index is 0.546. The molecule has 0 aliphatic rings. The number of hydrogen-bond donors (Lipinski definition) is 0. The number of carbonyl (C=O) groups excluding carboxylic acids is 1. The minimum atomic E-state index is 0.546. The van der Waals surface area contributed by atoms with Crippen LogP contribution in [0.25, 0.3) is 0 Å². The molecule has 0 bridgehead atoms. The summed E-state index contributed by atoms with van der Waals surface area (Å²) < 4.78 is 7.28. The third-order valence-corrected chi connectivity index (χ3v) is 2.30. The molecule has 0 aliphatic heterocycles. The van der Waals surface area contributed by atoms with Crippen LogP contribution in [0.2, 0.25) is 0 Å². The van der Waals surface area contributed by atoms with E-state index in [4.69, 9.17) is 4.74 Å². The molecule has 0 unspecified atom stereocenters. The van der Waals surface area contributed by atoms with Crippen LogP contribution in [0.1, 0.15) is 16.8 Å². The van der Waals surface area contributed by atoms with Gasteiger partial charge in [0.1, 0.15) is 18.4 Å². The van der Waals surface area contributed by atoms with Gasteiger partial charge in [0.15, 0.2) is 6.29 Å². The molecule has 17 heavy (non-hydrogen) atoms. The maximum atomic E-state index is 10.7. The van der Waals surface area contributed by atoms with Crippen LogP contribution in [0.5, 0.6) is 5.75 Å². The molecular weight excluding hydrogens is 218 g/mol. The lowest BCUT2D eigenvalue weighted by atomic mass is 10.2. The molecule has 1 aromatic heterocycles. The van der Waals surface area contributed by atoms with E-state index >= 15 is 0 Å². The molecule has 0 spiro atoms. The summed E-state index contributed by atoms with van der Waals surface area (Å²) in [5.74, 6) is 0.626. The molecule has 0 N–H and O–H groups in total. The van der Waals surface area contributed by atoms with E-state index in [1.54, 1.807) is 23.1 Å². The number of ether oxygens (including phenoxy) is 1. The summed E-state index contributed by atoms with van der Waals surface area (Å²) in [6, 6.07) is 7.19. The maximum Gasteiger partial charge on any atom is 0.153 e. The fourth-order valence-electron chi connectivity index (χ4n) is 1.47. The van der Waals surface area contributed by atoms with Crippen molar-refractivity contribution in [1.29, 1.82) is 0 Å². The van der Waals surface area contributed by atoms with Crippen molar-refractivity contribution in [3.63, 3.8) is 0 Å². The van der Waals surface area contributed by atoms with Crippen molar-refractivity contribution in [1.82, 2.24) is 14.8 Å². The Morgan fingerprint density at radius 1 is 1.35 bits per heavy atom. The van der Waals surface area contributed by atoms with Gasteiger partial charge in [-0.05, 0) is 12.1 Å². The Bertz CT molecular complexity index is 468. The lowest BCUT2D eigenvalue weighted by molar-refractivity contribution is 0.111. The van der Waals surface area contributed by atoms with Crippen molar-refractivity contribution in [2.45, 2.75) is 13.0 Å². The highest BCUT2D eigenvalue weighted by Crippen LogP contribution is 2.15. The monoisotopic (exact) mass is 231 g/mol. The Hall–Kier alpha value is -2.17. The summed E-state index contributed by atoms with van der Waals surface area (Å²) in [7, 11) is 0. The first-order valence-electron chi connectivity index (χ1n) is 5.39. The number of benzene rings is 1. The number of aryl methyl sites for hydroxylation is 1. The maximum absolute atomic E-state index is 10.7.